The lowest BCUT2D eigenvalue weighted by atomic mass is 10.1. The van der Waals surface area contributed by atoms with Gasteiger partial charge < -0.3 is 20.5 Å². The molecule has 1 amide bonds. The lowest BCUT2D eigenvalue weighted by molar-refractivity contribution is -0.123. The van der Waals surface area contributed by atoms with E-state index in [1.807, 2.05) is 26.0 Å². The van der Waals surface area contributed by atoms with Crippen LogP contribution in [0.4, 0.5) is 0 Å². The summed E-state index contributed by atoms with van der Waals surface area (Å²) in [5.74, 6) is 1.00. The van der Waals surface area contributed by atoms with Crippen molar-refractivity contribution in [1.29, 1.82) is 0 Å². The smallest absolute Gasteiger partial charge is 0.257 e. The van der Waals surface area contributed by atoms with Crippen LogP contribution >= 0.6 is 15.9 Å². The van der Waals surface area contributed by atoms with Crippen molar-refractivity contribution in [2.24, 2.45) is 5.73 Å². The van der Waals surface area contributed by atoms with Crippen LogP contribution < -0.4 is 20.5 Å². The Morgan fingerprint density at radius 3 is 2.70 bits per heavy atom. The van der Waals surface area contributed by atoms with Crippen LogP contribution in [0, 0.1) is 0 Å². The van der Waals surface area contributed by atoms with Gasteiger partial charge in [0, 0.05) is 6.54 Å². The third-order valence-corrected chi connectivity index (χ3v) is 3.11. The molecule has 0 spiro atoms. The number of nitrogens with two attached hydrogens (primary N) is 1. The molecule has 0 atom stereocenters. The zero-order valence-electron chi connectivity index (χ0n) is 11.9. The van der Waals surface area contributed by atoms with Gasteiger partial charge in [-0.15, -0.1) is 0 Å². The van der Waals surface area contributed by atoms with Crippen LogP contribution in [0.1, 0.15) is 19.4 Å². The van der Waals surface area contributed by atoms with Crippen molar-refractivity contribution in [2.75, 3.05) is 26.3 Å². The van der Waals surface area contributed by atoms with Crippen LogP contribution in [0.15, 0.2) is 16.6 Å². The van der Waals surface area contributed by atoms with E-state index in [0.29, 0.717) is 31.2 Å². The van der Waals surface area contributed by atoms with E-state index in [4.69, 9.17) is 15.2 Å². The number of benzene rings is 1. The summed E-state index contributed by atoms with van der Waals surface area (Å²) >= 11 is 3.45. The zero-order valence-corrected chi connectivity index (χ0v) is 13.5. The van der Waals surface area contributed by atoms with Crippen LogP contribution in [0.5, 0.6) is 11.5 Å². The summed E-state index contributed by atoms with van der Waals surface area (Å²) in [6.45, 7) is 5.39. The van der Waals surface area contributed by atoms with Gasteiger partial charge in [-0.05, 0) is 60.4 Å². The van der Waals surface area contributed by atoms with Crippen molar-refractivity contribution < 1.29 is 14.3 Å². The highest BCUT2D eigenvalue weighted by molar-refractivity contribution is 9.10. The Hall–Kier alpha value is -1.27. The lowest BCUT2D eigenvalue weighted by Gasteiger charge is -2.15. The van der Waals surface area contributed by atoms with Gasteiger partial charge in [0.05, 0.1) is 11.1 Å². The molecule has 0 saturated heterocycles. The standard InChI is InChI=1S/C14H21BrN2O3/c1-3-17-13(18)9-20-14-11(15)7-10(5-6-16)8-12(14)19-4-2/h7-8H,3-6,9,16H2,1-2H3,(H,17,18). The topological polar surface area (TPSA) is 73.6 Å². The first-order chi connectivity index (χ1) is 9.62. The quantitative estimate of drug-likeness (QED) is 0.754. The fraction of sp³-hybridized carbons (Fsp3) is 0.500. The van der Waals surface area contributed by atoms with E-state index in [2.05, 4.69) is 21.2 Å². The molecule has 0 aliphatic rings. The van der Waals surface area contributed by atoms with Gasteiger partial charge in [0.25, 0.3) is 5.91 Å². The van der Waals surface area contributed by atoms with Crippen LogP contribution in [0.2, 0.25) is 0 Å². The Morgan fingerprint density at radius 2 is 2.10 bits per heavy atom. The molecule has 0 fully saturated rings. The molecular formula is C14H21BrN2O3. The second kappa shape index (κ2) is 8.81. The number of halogens is 1. The predicted octanol–water partition coefficient (Wildman–Crippen LogP) is 1.86. The third-order valence-electron chi connectivity index (χ3n) is 2.52. The first-order valence-electron chi connectivity index (χ1n) is 6.67. The summed E-state index contributed by atoms with van der Waals surface area (Å²) in [5.41, 5.74) is 6.63. The molecule has 3 N–H and O–H groups in total. The Balaban J connectivity index is 2.89. The number of hydrogen-bond acceptors (Lipinski definition) is 4. The van der Waals surface area contributed by atoms with Gasteiger partial charge in [-0.1, -0.05) is 0 Å². The second-order valence-corrected chi connectivity index (χ2v) is 4.97. The van der Waals surface area contributed by atoms with Gasteiger partial charge >= 0.3 is 0 Å². The molecule has 6 heteroatoms. The summed E-state index contributed by atoms with van der Waals surface area (Å²) in [5, 5.41) is 2.68. The van der Waals surface area contributed by atoms with Gasteiger partial charge in [-0.2, -0.15) is 0 Å². The highest BCUT2D eigenvalue weighted by Gasteiger charge is 2.13. The Morgan fingerprint density at radius 1 is 1.35 bits per heavy atom. The van der Waals surface area contributed by atoms with E-state index in [1.54, 1.807) is 0 Å². The minimum atomic E-state index is -0.159. The first-order valence-corrected chi connectivity index (χ1v) is 7.46. The Bertz CT molecular complexity index is 452. The Labute approximate surface area is 127 Å². The molecule has 0 heterocycles. The first kappa shape index (κ1) is 16.8. The van der Waals surface area contributed by atoms with Gasteiger partial charge in [-0.25, -0.2) is 0 Å². The summed E-state index contributed by atoms with van der Waals surface area (Å²) in [6.07, 6.45) is 0.759. The number of amides is 1. The summed E-state index contributed by atoms with van der Waals surface area (Å²) in [7, 11) is 0. The van der Waals surface area contributed by atoms with Crippen molar-refractivity contribution in [3.8, 4) is 11.5 Å². The minimum Gasteiger partial charge on any atom is -0.490 e. The van der Waals surface area contributed by atoms with E-state index in [9.17, 15) is 4.79 Å². The van der Waals surface area contributed by atoms with E-state index in [0.717, 1.165) is 16.5 Å². The molecule has 0 saturated carbocycles. The van der Waals surface area contributed by atoms with Crippen molar-refractivity contribution in [3.63, 3.8) is 0 Å². The molecule has 0 bridgehead atoms. The summed E-state index contributed by atoms with van der Waals surface area (Å²) < 4.78 is 11.9. The molecule has 5 nitrogen and oxygen atoms in total. The van der Waals surface area contributed by atoms with Crippen LogP contribution in [-0.4, -0.2) is 32.2 Å². The SMILES string of the molecule is CCNC(=O)COc1c(Br)cc(CCN)cc1OCC. The van der Waals surface area contributed by atoms with E-state index < -0.39 is 0 Å². The maximum Gasteiger partial charge on any atom is 0.257 e. The summed E-state index contributed by atoms with van der Waals surface area (Å²) in [6, 6.07) is 3.83. The molecule has 1 aromatic carbocycles. The molecule has 1 rings (SSSR count). The molecule has 0 unspecified atom stereocenters. The van der Waals surface area contributed by atoms with Gasteiger partial charge in [0.2, 0.25) is 0 Å². The maximum absolute atomic E-state index is 11.5. The van der Waals surface area contributed by atoms with Crippen LogP contribution in [-0.2, 0) is 11.2 Å². The lowest BCUT2D eigenvalue weighted by Crippen LogP contribution is -2.28. The van der Waals surface area contributed by atoms with Gasteiger partial charge in [-0.3, -0.25) is 4.79 Å². The molecular weight excluding hydrogens is 324 g/mol. The second-order valence-electron chi connectivity index (χ2n) is 4.12. The van der Waals surface area contributed by atoms with Crippen molar-refractivity contribution in [2.45, 2.75) is 20.3 Å². The summed E-state index contributed by atoms with van der Waals surface area (Å²) in [4.78, 5) is 11.5. The molecule has 20 heavy (non-hydrogen) atoms. The molecule has 0 aromatic heterocycles. The number of hydrogen-bond donors (Lipinski definition) is 2. The fourth-order valence-corrected chi connectivity index (χ4v) is 2.33. The van der Waals surface area contributed by atoms with Gasteiger partial charge in [0.15, 0.2) is 18.1 Å². The van der Waals surface area contributed by atoms with Gasteiger partial charge in [0.1, 0.15) is 0 Å². The number of carbonyl (C=O) groups is 1. The Kier molecular flexibility index (Phi) is 7.40. The van der Waals surface area contributed by atoms with Crippen molar-refractivity contribution in [3.05, 3.63) is 22.2 Å². The molecule has 0 aliphatic heterocycles. The maximum atomic E-state index is 11.5. The number of nitrogens with one attached hydrogen (secondary N) is 1. The largest absolute Gasteiger partial charge is 0.490 e. The number of likely N-dealkylation sites (N-methyl/N-ethyl adjacent to an activating group) is 1. The minimum absolute atomic E-state index is 0.0389. The van der Waals surface area contributed by atoms with Crippen molar-refractivity contribution in [1.82, 2.24) is 5.32 Å². The fourth-order valence-electron chi connectivity index (χ4n) is 1.72. The third kappa shape index (κ3) is 5.02. The molecule has 0 aliphatic carbocycles. The zero-order chi connectivity index (χ0) is 15.0. The molecule has 0 radical (unpaired) electrons. The highest BCUT2D eigenvalue weighted by Crippen LogP contribution is 2.37. The number of carbonyl (C=O) groups excluding carboxylic acids is 1. The number of rotatable bonds is 8. The predicted molar refractivity (Wildman–Crippen MR) is 82.2 cm³/mol. The van der Waals surface area contributed by atoms with E-state index >= 15 is 0 Å². The monoisotopic (exact) mass is 344 g/mol. The normalized spacial score (nSPS) is 10.2. The number of ether oxygens (including phenoxy) is 2. The molecule has 112 valence electrons. The van der Waals surface area contributed by atoms with Crippen LogP contribution in [0.25, 0.3) is 0 Å². The average Bonchev–Trinajstić information content (AvgIpc) is 2.39. The molecule has 1 aromatic rings. The van der Waals surface area contributed by atoms with Crippen molar-refractivity contribution >= 4 is 21.8 Å². The van der Waals surface area contributed by atoms with E-state index in [-0.39, 0.29) is 12.5 Å². The van der Waals surface area contributed by atoms with E-state index in [1.165, 1.54) is 0 Å². The average molecular weight is 345 g/mol. The van der Waals surface area contributed by atoms with Crippen LogP contribution in [0.3, 0.4) is 0 Å². The highest BCUT2D eigenvalue weighted by atomic mass is 79.9.